The summed E-state index contributed by atoms with van der Waals surface area (Å²) in [4.78, 5) is 27.1. The van der Waals surface area contributed by atoms with Crippen molar-refractivity contribution in [1.82, 2.24) is 15.0 Å². The van der Waals surface area contributed by atoms with E-state index in [1.807, 2.05) is 19.2 Å². The van der Waals surface area contributed by atoms with Crippen LogP contribution in [-0.2, 0) is 0 Å². The molecule has 104 valence electrons. The molecule has 0 atom stereocenters. The van der Waals surface area contributed by atoms with E-state index in [1.54, 1.807) is 17.3 Å². The second-order valence-corrected chi connectivity index (χ2v) is 5.76. The van der Waals surface area contributed by atoms with Crippen LogP contribution < -0.4 is 4.90 Å². The number of hydrogen-bond acceptors (Lipinski definition) is 5. The maximum Gasteiger partial charge on any atom is 0.263 e. The fourth-order valence-corrected chi connectivity index (χ4v) is 2.85. The van der Waals surface area contributed by atoms with Gasteiger partial charge in [0, 0.05) is 30.2 Å². The summed E-state index contributed by atoms with van der Waals surface area (Å²) in [7, 11) is 0. The van der Waals surface area contributed by atoms with Crippen molar-refractivity contribution in [2.75, 3.05) is 11.4 Å². The molecule has 1 amide bonds. The number of nitrogens with zero attached hydrogens (tertiary/aromatic N) is 4. The van der Waals surface area contributed by atoms with Crippen molar-refractivity contribution in [3.05, 3.63) is 34.9 Å². The molecule has 2 aromatic rings. The molecule has 0 spiro atoms. The second kappa shape index (κ2) is 5.28. The van der Waals surface area contributed by atoms with E-state index in [9.17, 15) is 4.79 Å². The highest BCUT2D eigenvalue weighted by molar-refractivity contribution is 7.14. The number of thiazole rings is 1. The number of aromatic nitrogens is 3. The zero-order chi connectivity index (χ0) is 14.1. The lowest BCUT2D eigenvalue weighted by Gasteiger charge is -2.17. The van der Waals surface area contributed by atoms with Crippen molar-refractivity contribution in [1.29, 1.82) is 0 Å². The molecule has 0 bridgehead atoms. The van der Waals surface area contributed by atoms with Crippen molar-refractivity contribution in [2.24, 2.45) is 0 Å². The van der Waals surface area contributed by atoms with Crippen molar-refractivity contribution < 1.29 is 4.79 Å². The van der Waals surface area contributed by atoms with Gasteiger partial charge in [0.05, 0.1) is 11.3 Å². The molecule has 2 aromatic heterocycles. The average molecular weight is 288 g/mol. The maximum atomic E-state index is 12.5. The molecule has 0 aliphatic heterocycles. The largest absolute Gasteiger partial charge is 0.284 e. The molecule has 0 radical (unpaired) electrons. The van der Waals surface area contributed by atoms with E-state index in [4.69, 9.17) is 0 Å². The molecule has 1 saturated carbocycles. The second-order valence-electron chi connectivity index (χ2n) is 4.93. The first kappa shape index (κ1) is 13.2. The van der Waals surface area contributed by atoms with Crippen molar-refractivity contribution in [3.63, 3.8) is 0 Å². The lowest BCUT2D eigenvalue weighted by molar-refractivity contribution is 0.0987. The Hall–Kier alpha value is -1.82. The Bertz CT molecular complexity index is 618. The van der Waals surface area contributed by atoms with Crippen LogP contribution in [0, 0.1) is 6.92 Å². The summed E-state index contributed by atoms with van der Waals surface area (Å²) in [5, 5.41) is 2.67. The molecule has 1 aliphatic carbocycles. The van der Waals surface area contributed by atoms with Crippen LogP contribution in [0.2, 0.25) is 0 Å². The van der Waals surface area contributed by atoms with Gasteiger partial charge in [-0.1, -0.05) is 0 Å². The van der Waals surface area contributed by atoms with Gasteiger partial charge < -0.3 is 0 Å². The average Bonchev–Trinajstić information content (AvgIpc) is 3.23. The van der Waals surface area contributed by atoms with Gasteiger partial charge in [0.1, 0.15) is 5.82 Å². The highest BCUT2D eigenvalue weighted by atomic mass is 32.1. The van der Waals surface area contributed by atoms with E-state index in [0.717, 1.165) is 29.5 Å². The summed E-state index contributed by atoms with van der Waals surface area (Å²) >= 11 is 1.48. The first-order chi connectivity index (χ1) is 9.69. The summed E-state index contributed by atoms with van der Waals surface area (Å²) in [6, 6.07) is 0. The van der Waals surface area contributed by atoms with Gasteiger partial charge in [-0.2, -0.15) is 0 Å². The quantitative estimate of drug-likeness (QED) is 0.868. The molecule has 1 aliphatic rings. The molecule has 5 nitrogen and oxygen atoms in total. The third kappa shape index (κ3) is 2.56. The molecule has 3 rings (SSSR count). The maximum absolute atomic E-state index is 12.5. The monoisotopic (exact) mass is 288 g/mol. The van der Waals surface area contributed by atoms with Crippen LogP contribution >= 0.6 is 11.3 Å². The molecule has 0 N–H and O–H groups in total. The van der Waals surface area contributed by atoms with Crippen molar-refractivity contribution in [2.45, 2.75) is 32.6 Å². The Labute approximate surface area is 121 Å². The molecule has 6 heteroatoms. The molecule has 2 heterocycles. The summed E-state index contributed by atoms with van der Waals surface area (Å²) in [5.74, 6) is 1.27. The van der Waals surface area contributed by atoms with E-state index >= 15 is 0 Å². The SMILES string of the molecule is CCN(C(=O)c1cnc(C2CC2)nc1)c1nc(C)cs1. The van der Waals surface area contributed by atoms with Crippen LogP contribution in [0.4, 0.5) is 5.13 Å². The zero-order valence-corrected chi connectivity index (χ0v) is 12.4. The minimum absolute atomic E-state index is 0.0933. The highest BCUT2D eigenvalue weighted by Gasteiger charge is 2.27. The van der Waals surface area contributed by atoms with E-state index in [0.29, 0.717) is 18.0 Å². The predicted molar refractivity (Wildman–Crippen MR) is 78.2 cm³/mol. The van der Waals surface area contributed by atoms with E-state index in [2.05, 4.69) is 15.0 Å². The molecule has 0 saturated heterocycles. The summed E-state index contributed by atoms with van der Waals surface area (Å²) in [5.41, 5.74) is 1.45. The number of aryl methyl sites for hydroxylation is 1. The van der Waals surface area contributed by atoms with Gasteiger partial charge >= 0.3 is 0 Å². The standard InChI is InChI=1S/C14H16N4OS/c1-3-18(14-17-9(2)8-20-14)13(19)11-6-15-12(16-7-11)10-4-5-10/h6-8,10H,3-5H2,1-2H3. The van der Waals surface area contributed by atoms with Crippen molar-refractivity contribution >= 4 is 22.4 Å². The van der Waals surface area contributed by atoms with Crippen LogP contribution in [-0.4, -0.2) is 27.4 Å². The van der Waals surface area contributed by atoms with E-state index < -0.39 is 0 Å². The third-order valence-corrected chi connectivity index (χ3v) is 4.24. The lowest BCUT2D eigenvalue weighted by Crippen LogP contribution is -2.30. The Morgan fingerprint density at radius 2 is 2.10 bits per heavy atom. The van der Waals surface area contributed by atoms with Crippen LogP contribution in [0.1, 0.15) is 47.6 Å². The molecular weight excluding hydrogens is 272 g/mol. The number of rotatable bonds is 4. The van der Waals surface area contributed by atoms with Gasteiger partial charge in [0.15, 0.2) is 5.13 Å². The number of anilines is 1. The Morgan fingerprint density at radius 1 is 1.40 bits per heavy atom. The van der Waals surface area contributed by atoms with Gasteiger partial charge in [0.2, 0.25) is 0 Å². The number of hydrogen-bond donors (Lipinski definition) is 0. The normalized spacial score (nSPS) is 14.3. The highest BCUT2D eigenvalue weighted by Crippen LogP contribution is 2.37. The first-order valence-corrected chi connectivity index (χ1v) is 7.63. The van der Waals surface area contributed by atoms with Gasteiger partial charge in [-0.3, -0.25) is 9.69 Å². The minimum atomic E-state index is -0.0933. The lowest BCUT2D eigenvalue weighted by atomic mass is 10.3. The van der Waals surface area contributed by atoms with Crippen molar-refractivity contribution in [3.8, 4) is 0 Å². The minimum Gasteiger partial charge on any atom is -0.284 e. The van der Waals surface area contributed by atoms with Gasteiger partial charge in [0.25, 0.3) is 5.91 Å². The number of amides is 1. The molecule has 1 fully saturated rings. The van der Waals surface area contributed by atoms with Crippen LogP contribution in [0.3, 0.4) is 0 Å². The zero-order valence-electron chi connectivity index (χ0n) is 11.5. The van der Waals surface area contributed by atoms with E-state index in [-0.39, 0.29) is 5.91 Å². The number of carbonyl (C=O) groups is 1. The van der Waals surface area contributed by atoms with Gasteiger partial charge in [-0.15, -0.1) is 11.3 Å². The van der Waals surface area contributed by atoms with E-state index in [1.165, 1.54) is 11.3 Å². The number of carbonyl (C=O) groups excluding carboxylic acids is 1. The molecule has 0 aromatic carbocycles. The first-order valence-electron chi connectivity index (χ1n) is 6.75. The van der Waals surface area contributed by atoms with Crippen LogP contribution in [0.15, 0.2) is 17.8 Å². The Balaban J connectivity index is 1.82. The Kier molecular flexibility index (Phi) is 3.48. The van der Waals surface area contributed by atoms with Gasteiger partial charge in [-0.05, 0) is 26.7 Å². The topological polar surface area (TPSA) is 59.0 Å². The Morgan fingerprint density at radius 3 is 2.60 bits per heavy atom. The third-order valence-electron chi connectivity index (χ3n) is 3.26. The van der Waals surface area contributed by atoms with Gasteiger partial charge in [-0.25, -0.2) is 15.0 Å². The molecule has 0 unspecified atom stereocenters. The molecule has 20 heavy (non-hydrogen) atoms. The molecular formula is C14H16N4OS. The van der Waals surface area contributed by atoms with Crippen LogP contribution in [0.25, 0.3) is 0 Å². The fraction of sp³-hybridized carbons (Fsp3) is 0.429. The van der Waals surface area contributed by atoms with Crippen LogP contribution in [0.5, 0.6) is 0 Å². The smallest absolute Gasteiger partial charge is 0.263 e. The fourth-order valence-electron chi connectivity index (χ4n) is 1.99. The summed E-state index contributed by atoms with van der Waals surface area (Å²) in [6.07, 6.45) is 5.58. The predicted octanol–water partition coefficient (Wildman–Crippen LogP) is 2.79. The summed E-state index contributed by atoms with van der Waals surface area (Å²) < 4.78 is 0. The summed E-state index contributed by atoms with van der Waals surface area (Å²) in [6.45, 7) is 4.44.